The van der Waals surface area contributed by atoms with E-state index in [0.717, 1.165) is 19.1 Å². The first-order valence-electron chi connectivity index (χ1n) is 5.04. The molecule has 1 unspecified atom stereocenters. The lowest BCUT2D eigenvalue weighted by Gasteiger charge is -2.07. The van der Waals surface area contributed by atoms with Crippen molar-refractivity contribution in [1.29, 1.82) is 0 Å². The number of fused-ring (bicyclic) bond motifs is 1. The van der Waals surface area contributed by atoms with Gasteiger partial charge in [0.15, 0.2) is 0 Å². The molecule has 0 amide bonds. The molecule has 2 rings (SSSR count). The molecule has 1 aromatic rings. The molecule has 0 heterocycles. The van der Waals surface area contributed by atoms with Gasteiger partial charge in [-0.3, -0.25) is 0 Å². The molecule has 1 atom stereocenters. The van der Waals surface area contributed by atoms with Gasteiger partial charge in [0.25, 0.3) is 0 Å². The van der Waals surface area contributed by atoms with E-state index in [1.54, 1.807) is 0 Å². The highest BCUT2D eigenvalue weighted by Gasteiger charge is 2.14. The molecule has 1 aromatic carbocycles. The Bertz CT molecular complexity index is 377. The zero-order chi connectivity index (χ0) is 9.97. The third-order valence-corrected chi connectivity index (χ3v) is 2.71. The van der Waals surface area contributed by atoms with Gasteiger partial charge in [0.05, 0.1) is 0 Å². The van der Waals surface area contributed by atoms with E-state index in [9.17, 15) is 4.79 Å². The zero-order valence-electron chi connectivity index (χ0n) is 8.36. The molecular weight excluding hydrogens is 172 g/mol. The van der Waals surface area contributed by atoms with E-state index in [1.807, 2.05) is 6.92 Å². The summed E-state index contributed by atoms with van der Waals surface area (Å²) in [4.78, 5) is 10.6. The summed E-state index contributed by atoms with van der Waals surface area (Å²) in [7, 11) is 0. The Labute approximate surface area is 84.5 Å². The van der Waals surface area contributed by atoms with Gasteiger partial charge in [0.1, 0.15) is 6.29 Å². The van der Waals surface area contributed by atoms with Gasteiger partial charge < -0.3 is 4.79 Å². The van der Waals surface area contributed by atoms with Crippen LogP contribution >= 0.6 is 0 Å². The second-order valence-electron chi connectivity index (χ2n) is 3.91. The largest absolute Gasteiger partial charge is 0.303 e. The van der Waals surface area contributed by atoms with Crippen molar-refractivity contribution in [1.82, 2.24) is 0 Å². The topological polar surface area (TPSA) is 17.1 Å². The Morgan fingerprint density at radius 2 is 2.21 bits per heavy atom. The predicted molar refractivity (Wildman–Crippen MR) is 58.0 cm³/mol. The molecule has 0 bridgehead atoms. The lowest BCUT2D eigenvalue weighted by Crippen LogP contribution is -1.96. The minimum atomic E-state index is 0.132. The number of allylic oxidation sites excluding steroid dienone is 2. The van der Waals surface area contributed by atoms with Crippen LogP contribution < -0.4 is 0 Å². The third-order valence-electron chi connectivity index (χ3n) is 2.71. The summed E-state index contributed by atoms with van der Waals surface area (Å²) in [6.45, 7) is 1.97. The predicted octanol–water partition coefficient (Wildman–Crippen LogP) is 2.85. The van der Waals surface area contributed by atoms with Crippen molar-refractivity contribution in [2.45, 2.75) is 19.8 Å². The van der Waals surface area contributed by atoms with Crippen LogP contribution in [0, 0.1) is 5.92 Å². The first kappa shape index (κ1) is 9.20. The Kier molecular flexibility index (Phi) is 2.49. The maximum atomic E-state index is 10.6. The van der Waals surface area contributed by atoms with Crippen LogP contribution in [0.1, 0.15) is 24.5 Å². The van der Waals surface area contributed by atoms with E-state index in [0.29, 0.717) is 0 Å². The molecule has 1 aliphatic rings. The van der Waals surface area contributed by atoms with Gasteiger partial charge in [-0.2, -0.15) is 0 Å². The Morgan fingerprint density at radius 3 is 3.00 bits per heavy atom. The standard InChI is InChI=1S/C13H14O/c1-10(9-14)8-12-7-6-11-4-2-3-5-13(11)12/h2-5,7,9-10H,6,8H2,1H3. The number of benzene rings is 1. The number of rotatable bonds is 3. The van der Waals surface area contributed by atoms with Crippen molar-refractivity contribution >= 4 is 11.9 Å². The summed E-state index contributed by atoms with van der Waals surface area (Å²) in [5, 5.41) is 0. The molecule has 14 heavy (non-hydrogen) atoms. The molecule has 0 N–H and O–H groups in total. The fourth-order valence-corrected chi connectivity index (χ4v) is 1.94. The highest BCUT2D eigenvalue weighted by atomic mass is 16.1. The first-order valence-corrected chi connectivity index (χ1v) is 5.04. The molecule has 72 valence electrons. The molecule has 1 aliphatic carbocycles. The van der Waals surface area contributed by atoms with Crippen LogP contribution in [-0.4, -0.2) is 6.29 Å². The Balaban J connectivity index is 2.20. The summed E-state index contributed by atoms with van der Waals surface area (Å²) >= 11 is 0. The summed E-state index contributed by atoms with van der Waals surface area (Å²) in [6.07, 6.45) is 5.17. The number of carbonyl (C=O) groups is 1. The van der Waals surface area contributed by atoms with Crippen LogP contribution in [-0.2, 0) is 11.2 Å². The number of hydrogen-bond acceptors (Lipinski definition) is 1. The third kappa shape index (κ3) is 1.63. The monoisotopic (exact) mass is 186 g/mol. The highest BCUT2D eigenvalue weighted by molar-refractivity contribution is 5.74. The average molecular weight is 186 g/mol. The molecule has 0 spiro atoms. The Hall–Kier alpha value is -1.37. The van der Waals surface area contributed by atoms with Gasteiger partial charge in [-0.15, -0.1) is 0 Å². The molecule has 0 saturated carbocycles. The normalized spacial score (nSPS) is 15.9. The fraction of sp³-hybridized carbons (Fsp3) is 0.308. The molecule has 0 fully saturated rings. The molecular formula is C13H14O. The van der Waals surface area contributed by atoms with E-state index in [-0.39, 0.29) is 5.92 Å². The van der Waals surface area contributed by atoms with Crippen molar-refractivity contribution in [2.24, 2.45) is 5.92 Å². The summed E-state index contributed by atoms with van der Waals surface area (Å²) in [5.74, 6) is 0.132. The summed E-state index contributed by atoms with van der Waals surface area (Å²) < 4.78 is 0. The van der Waals surface area contributed by atoms with Gasteiger partial charge in [0.2, 0.25) is 0 Å². The zero-order valence-corrected chi connectivity index (χ0v) is 8.36. The number of hydrogen-bond donors (Lipinski definition) is 0. The SMILES string of the molecule is CC(C=O)CC1=CCc2ccccc21. The van der Waals surface area contributed by atoms with Crippen LogP contribution in [0.5, 0.6) is 0 Å². The fourth-order valence-electron chi connectivity index (χ4n) is 1.94. The first-order chi connectivity index (χ1) is 6.81. The number of aldehydes is 1. The van der Waals surface area contributed by atoms with Crippen molar-refractivity contribution in [3.05, 3.63) is 41.5 Å². The molecule has 1 heteroatoms. The van der Waals surface area contributed by atoms with Crippen LogP contribution in [0.15, 0.2) is 30.3 Å². The summed E-state index contributed by atoms with van der Waals surface area (Å²) in [6, 6.07) is 8.43. The van der Waals surface area contributed by atoms with Crippen molar-refractivity contribution in [2.75, 3.05) is 0 Å². The smallest absolute Gasteiger partial charge is 0.123 e. The van der Waals surface area contributed by atoms with Gasteiger partial charge in [0, 0.05) is 5.92 Å². The van der Waals surface area contributed by atoms with E-state index in [1.165, 1.54) is 16.7 Å². The van der Waals surface area contributed by atoms with Crippen molar-refractivity contribution < 1.29 is 4.79 Å². The molecule has 1 nitrogen and oxygen atoms in total. The van der Waals surface area contributed by atoms with Crippen molar-refractivity contribution in [3.8, 4) is 0 Å². The van der Waals surface area contributed by atoms with E-state index < -0.39 is 0 Å². The maximum absolute atomic E-state index is 10.6. The quantitative estimate of drug-likeness (QED) is 0.663. The second kappa shape index (κ2) is 3.79. The van der Waals surface area contributed by atoms with E-state index in [2.05, 4.69) is 30.3 Å². The lowest BCUT2D eigenvalue weighted by molar-refractivity contribution is -0.110. The minimum absolute atomic E-state index is 0.132. The second-order valence-corrected chi connectivity index (χ2v) is 3.91. The van der Waals surface area contributed by atoms with Gasteiger partial charge in [-0.05, 0) is 29.5 Å². The van der Waals surface area contributed by atoms with Crippen LogP contribution in [0.3, 0.4) is 0 Å². The highest BCUT2D eigenvalue weighted by Crippen LogP contribution is 2.31. The van der Waals surface area contributed by atoms with Gasteiger partial charge >= 0.3 is 0 Å². The van der Waals surface area contributed by atoms with Crippen LogP contribution in [0.2, 0.25) is 0 Å². The van der Waals surface area contributed by atoms with Gasteiger partial charge in [-0.25, -0.2) is 0 Å². The number of carbonyl (C=O) groups excluding carboxylic acids is 1. The van der Waals surface area contributed by atoms with Gasteiger partial charge in [-0.1, -0.05) is 37.3 Å². The maximum Gasteiger partial charge on any atom is 0.123 e. The molecule has 0 aliphatic heterocycles. The molecule has 0 radical (unpaired) electrons. The Morgan fingerprint density at radius 1 is 1.43 bits per heavy atom. The molecule has 0 aromatic heterocycles. The molecule has 0 saturated heterocycles. The average Bonchev–Trinajstić information content (AvgIpc) is 2.62. The lowest BCUT2D eigenvalue weighted by atomic mass is 9.97. The van der Waals surface area contributed by atoms with Crippen molar-refractivity contribution in [3.63, 3.8) is 0 Å². The minimum Gasteiger partial charge on any atom is -0.303 e. The van der Waals surface area contributed by atoms with E-state index >= 15 is 0 Å². The van der Waals surface area contributed by atoms with Crippen LogP contribution in [0.4, 0.5) is 0 Å². The van der Waals surface area contributed by atoms with E-state index in [4.69, 9.17) is 0 Å². The van der Waals surface area contributed by atoms with Crippen LogP contribution in [0.25, 0.3) is 5.57 Å². The summed E-state index contributed by atoms with van der Waals surface area (Å²) in [5.41, 5.74) is 4.06.